The molecule has 0 atom stereocenters. The third-order valence-electron chi connectivity index (χ3n) is 6.28. The zero-order valence-electron chi connectivity index (χ0n) is 18.7. The largest absolute Gasteiger partial charge is 0.366 e. The Morgan fingerprint density at radius 2 is 1.79 bits per heavy atom. The van der Waals surface area contributed by atoms with E-state index in [1.807, 2.05) is 36.5 Å². The standard InChI is InChI=1S/C24H28N4O4S/c1-3-33(31,32)28-10-8-17(9-11-28)22-14-26-23-20(22)12-18(13-21(23)24(25)30)16-4-6-19(7-5-16)27-15(2)29/h4-7,12-14,17,26H,3,8-11H2,1-2H3,(H2,25,30)(H,27,29). The molecule has 4 N–H and O–H groups in total. The summed E-state index contributed by atoms with van der Waals surface area (Å²) in [6.07, 6.45) is 3.34. The number of nitrogens with one attached hydrogen (secondary N) is 2. The summed E-state index contributed by atoms with van der Waals surface area (Å²) in [5.74, 6) is -0.374. The fraction of sp³-hybridized carbons (Fsp3) is 0.333. The number of aromatic amines is 1. The number of carbonyl (C=O) groups is 2. The molecule has 4 rings (SSSR count). The number of benzene rings is 2. The van der Waals surface area contributed by atoms with Crippen molar-refractivity contribution < 1.29 is 18.0 Å². The summed E-state index contributed by atoms with van der Waals surface area (Å²) in [5.41, 5.74) is 10.3. The van der Waals surface area contributed by atoms with Gasteiger partial charge in [-0.3, -0.25) is 9.59 Å². The minimum atomic E-state index is -3.19. The van der Waals surface area contributed by atoms with Gasteiger partial charge in [-0.1, -0.05) is 12.1 Å². The Morgan fingerprint density at radius 3 is 2.36 bits per heavy atom. The predicted molar refractivity (Wildman–Crippen MR) is 130 cm³/mol. The van der Waals surface area contributed by atoms with Crippen molar-refractivity contribution in [2.24, 2.45) is 5.73 Å². The molecule has 0 radical (unpaired) electrons. The van der Waals surface area contributed by atoms with Gasteiger partial charge in [0.15, 0.2) is 0 Å². The van der Waals surface area contributed by atoms with Gasteiger partial charge in [-0.25, -0.2) is 12.7 Å². The second-order valence-corrected chi connectivity index (χ2v) is 10.6. The summed E-state index contributed by atoms with van der Waals surface area (Å²) in [7, 11) is -3.19. The van der Waals surface area contributed by atoms with E-state index in [4.69, 9.17) is 5.73 Å². The van der Waals surface area contributed by atoms with Gasteiger partial charge in [0, 0.05) is 37.3 Å². The molecule has 0 saturated carbocycles. The molecule has 0 aliphatic carbocycles. The number of piperidine rings is 1. The van der Waals surface area contributed by atoms with Crippen molar-refractivity contribution in [3.05, 3.63) is 53.7 Å². The van der Waals surface area contributed by atoms with E-state index in [1.54, 1.807) is 17.3 Å². The third-order valence-corrected chi connectivity index (χ3v) is 8.16. The maximum absolute atomic E-state index is 12.2. The summed E-state index contributed by atoms with van der Waals surface area (Å²) in [6, 6.07) is 11.2. The van der Waals surface area contributed by atoms with Crippen LogP contribution in [0.3, 0.4) is 0 Å². The molecule has 174 valence electrons. The van der Waals surface area contributed by atoms with E-state index >= 15 is 0 Å². The first kappa shape index (κ1) is 23.0. The fourth-order valence-corrected chi connectivity index (χ4v) is 5.66. The lowest BCUT2D eigenvalue weighted by Crippen LogP contribution is -2.38. The topological polar surface area (TPSA) is 125 Å². The lowest BCUT2D eigenvalue weighted by atomic mass is 9.88. The van der Waals surface area contributed by atoms with Crippen molar-refractivity contribution in [3.8, 4) is 11.1 Å². The van der Waals surface area contributed by atoms with Crippen LogP contribution in [0, 0.1) is 0 Å². The predicted octanol–water partition coefficient (Wildman–Crippen LogP) is 3.42. The Hall–Kier alpha value is -3.17. The first-order valence-electron chi connectivity index (χ1n) is 11.0. The van der Waals surface area contributed by atoms with Crippen LogP contribution in [0.15, 0.2) is 42.6 Å². The van der Waals surface area contributed by atoms with Gasteiger partial charge in [0.25, 0.3) is 5.91 Å². The monoisotopic (exact) mass is 468 g/mol. The molecule has 1 aliphatic rings. The van der Waals surface area contributed by atoms with Crippen molar-refractivity contribution in [2.75, 3.05) is 24.2 Å². The summed E-state index contributed by atoms with van der Waals surface area (Å²) in [6.45, 7) is 4.09. The Labute approximate surface area is 193 Å². The van der Waals surface area contributed by atoms with Gasteiger partial charge < -0.3 is 16.0 Å². The average molecular weight is 469 g/mol. The fourth-order valence-electron chi connectivity index (χ4n) is 4.53. The van der Waals surface area contributed by atoms with E-state index in [9.17, 15) is 18.0 Å². The summed E-state index contributed by atoms with van der Waals surface area (Å²) in [5, 5.41) is 3.66. The number of sulfonamides is 1. The Kier molecular flexibility index (Phi) is 6.27. The number of rotatable bonds is 6. The van der Waals surface area contributed by atoms with Crippen molar-refractivity contribution in [1.82, 2.24) is 9.29 Å². The zero-order chi connectivity index (χ0) is 23.8. The second kappa shape index (κ2) is 8.99. The SMILES string of the molecule is CCS(=O)(=O)N1CCC(c2c[nH]c3c(C(N)=O)cc(-c4ccc(NC(C)=O)cc4)cc23)CC1. The van der Waals surface area contributed by atoms with Gasteiger partial charge in [-0.05, 0) is 66.6 Å². The van der Waals surface area contributed by atoms with Crippen LogP contribution in [0.2, 0.25) is 0 Å². The van der Waals surface area contributed by atoms with Gasteiger partial charge in [0.1, 0.15) is 0 Å². The minimum absolute atomic E-state index is 0.108. The normalized spacial score (nSPS) is 15.6. The van der Waals surface area contributed by atoms with Crippen molar-refractivity contribution >= 4 is 38.4 Å². The van der Waals surface area contributed by atoms with Crippen molar-refractivity contribution in [3.63, 3.8) is 0 Å². The highest BCUT2D eigenvalue weighted by Gasteiger charge is 2.29. The minimum Gasteiger partial charge on any atom is -0.366 e. The molecule has 3 aromatic rings. The summed E-state index contributed by atoms with van der Waals surface area (Å²) in [4.78, 5) is 26.7. The van der Waals surface area contributed by atoms with Crippen LogP contribution in [-0.4, -0.2) is 48.4 Å². The third kappa shape index (κ3) is 4.65. The number of nitrogens with two attached hydrogens (primary N) is 1. The van der Waals surface area contributed by atoms with E-state index < -0.39 is 15.9 Å². The smallest absolute Gasteiger partial charge is 0.250 e. The van der Waals surface area contributed by atoms with E-state index in [-0.39, 0.29) is 17.6 Å². The second-order valence-electron chi connectivity index (χ2n) is 8.39. The van der Waals surface area contributed by atoms with Gasteiger partial charge in [0.05, 0.1) is 16.8 Å². The molecule has 0 unspecified atom stereocenters. The van der Waals surface area contributed by atoms with Gasteiger partial charge in [-0.2, -0.15) is 0 Å². The number of hydrogen-bond donors (Lipinski definition) is 3. The molecule has 1 saturated heterocycles. The number of carbonyl (C=O) groups excluding carboxylic acids is 2. The number of anilines is 1. The molecule has 1 aromatic heterocycles. The molecular weight excluding hydrogens is 440 g/mol. The number of fused-ring (bicyclic) bond motifs is 1. The number of hydrogen-bond acceptors (Lipinski definition) is 4. The molecule has 8 nitrogen and oxygen atoms in total. The molecular formula is C24H28N4O4S. The lowest BCUT2D eigenvalue weighted by molar-refractivity contribution is -0.114. The van der Waals surface area contributed by atoms with Crippen molar-refractivity contribution in [2.45, 2.75) is 32.6 Å². The Balaban J connectivity index is 1.70. The van der Waals surface area contributed by atoms with Crippen LogP contribution in [0.25, 0.3) is 22.0 Å². The highest BCUT2D eigenvalue weighted by Crippen LogP contribution is 2.37. The number of amides is 2. The van der Waals surface area contributed by atoms with Gasteiger partial charge in [-0.15, -0.1) is 0 Å². The molecule has 2 amide bonds. The van der Waals surface area contributed by atoms with E-state index in [0.717, 1.165) is 22.1 Å². The molecule has 9 heteroatoms. The molecule has 2 heterocycles. The number of aromatic nitrogens is 1. The van der Waals surface area contributed by atoms with Crippen LogP contribution in [0.1, 0.15) is 48.5 Å². The van der Waals surface area contributed by atoms with Crippen molar-refractivity contribution in [1.29, 1.82) is 0 Å². The lowest BCUT2D eigenvalue weighted by Gasteiger charge is -2.31. The zero-order valence-corrected chi connectivity index (χ0v) is 19.5. The average Bonchev–Trinajstić information content (AvgIpc) is 3.22. The molecule has 0 bridgehead atoms. The van der Waals surface area contributed by atoms with E-state index in [0.29, 0.717) is 42.7 Å². The van der Waals surface area contributed by atoms with Gasteiger partial charge in [0.2, 0.25) is 15.9 Å². The van der Waals surface area contributed by atoms with Crippen LogP contribution in [0.5, 0.6) is 0 Å². The summed E-state index contributed by atoms with van der Waals surface area (Å²) < 4.78 is 26.0. The number of H-pyrrole nitrogens is 1. The molecule has 2 aromatic carbocycles. The van der Waals surface area contributed by atoms with Gasteiger partial charge >= 0.3 is 0 Å². The van der Waals surface area contributed by atoms with Crippen LogP contribution in [0.4, 0.5) is 5.69 Å². The highest BCUT2D eigenvalue weighted by molar-refractivity contribution is 7.89. The van der Waals surface area contributed by atoms with Crippen LogP contribution < -0.4 is 11.1 Å². The molecule has 33 heavy (non-hydrogen) atoms. The Bertz CT molecular complexity index is 1300. The maximum atomic E-state index is 12.2. The molecule has 1 fully saturated rings. The van der Waals surface area contributed by atoms with E-state index in [1.165, 1.54) is 6.92 Å². The molecule has 0 spiro atoms. The number of nitrogens with zero attached hydrogens (tertiary/aromatic N) is 1. The molecule has 1 aliphatic heterocycles. The van der Waals surface area contributed by atoms with Crippen LogP contribution >= 0.6 is 0 Å². The highest BCUT2D eigenvalue weighted by atomic mass is 32.2. The van der Waals surface area contributed by atoms with Crippen LogP contribution in [-0.2, 0) is 14.8 Å². The Morgan fingerprint density at radius 1 is 1.12 bits per heavy atom. The van der Waals surface area contributed by atoms with E-state index in [2.05, 4.69) is 10.3 Å². The maximum Gasteiger partial charge on any atom is 0.250 e. The quantitative estimate of drug-likeness (QED) is 0.512. The first-order valence-corrected chi connectivity index (χ1v) is 12.6. The first-order chi connectivity index (χ1) is 15.7. The summed E-state index contributed by atoms with van der Waals surface area (Å²) >= 11 is 0. The number of primary amides is 1.